The zero-order chi connectivity index (χ0) is 18.0. The van der Waals surface area contributed by atoms with E-state index >= 15 is 0 Å². The SMILES string of the molecule is CC(C)(C)NC(=O)c1ccccc1-c1ncc(-c2ccc(F)cc2)o1. The van der Waals surface area contributed by atoms with Crippen LogP contribution in [0.1, 0.15) is 31.1 Å². The van der Waals surface area contributed by atoms with Crippen molar-refractivity contribution in [3.63, 3.8) is 0 Å². The molecule has 0 bridgehead atoms. The Labute approximate surface area is 145 Å². The fourth-order valence-electron chi connectivity index (χ4n) is 2.42. The van der Waals surface area contributed by atoms with E-state index in [4.69, 9.17) is 4.42 Å². The first-order chi connectivity index (χ1) is 11.8. The number of amides is 1. The lowest BCUT2D eigenvalue weighted by Gasteiger charge is -2.21. The van der Waals surface area contributed by atoms with E-state index in [0.29, 0.717) is 22.8 Å². The molecule has 1 aromatic heterocycles. The third-order valence-electron chi connectivity index (χ3n) is 3.53. The van der Waals surface area contributed by atoms with Gasteiger partial charge in [0.2, 0.25) is 5.89 Å². The van der Waals surface area contributed by atoms with E-state index in [1.807, 2.05) is 26.8 Å². The summed E-state index contributed by atoms with van der Waals surface area (Å²) in [6.07, 6.45) is 1.57. The monoisotopic (exact) mass is 338 g/mol. The van der Waals surface area contributed by atoms with E-state index in [9.17, 15) is 9.18 Å². The zero-order valence-corrected chi connectivity index (χ0v) is 14.3. The fourth-order valence-corrected chi connectivity index (χ4v) is 2.42. The van der Waals surface area contributed by atoms with Gasteiger partial charge >= 0.3 is 0 Å². The number of rotatable bonds is 3. The highest BCUT2D eigenvalue weighted by atomic mass is 19.1. The summed E-state index contributed by atoms with van der Waals surface area (Å²) in [5.41, 5.74) is 1.47. The highest BCUT2D eigenvalue weighted by molar-refractivity contribution is 6.00. The average Bonchev–Trinajstić information content (AvgIpc) is 3.04. The van der Waals surface area contributed by atoms with Crippen LogP contribution >= 0.6 is 0 Å². The number of nitrogens with zero attached hydrogens (tertiary/aromatic N) is 1. The molecule has 128 valence electrons. The smallest absolute Gasteiger partial charge is 0.252 e. The summed E-state index contributed by atoms with van der Waals surface area (Å²) in [6.45, 7) is 5.77. The summed E-state index contributed by atoms with van der Waals surface area (Å²) >= 11 is 0. The van der Waals surface area contributed by atoms with Crippen LogP contribution in [0.5, 0.6) is 0 Å². The van der Waals surface area contributed by atoms with Gasteiger partial charge in [0, 0.05) is 16.7 Å². The molecule has 5 heteroatoms. The lowest BCUT2D eigenvalue weighted by Crippen LogP contribution is -2.40. The van der Waals surface area contributed by atoms with E-state index in [-0.39, 0.29) is 17.3 Å². The van der Waals surface area contributed by atoms with Gasteiger partial charge in [0.1, 0.15) is 5.82 Å². The maximum absolute atomic E-state index is 13.1. The van der Waals surface area contributed by atoms with Crippen LogP contribution in [0.15, 0.2) is 59.1 Å². The summed E-state index contributed by atoms with van der Waals surface area (Å²) in [6, 6.07) is 13.1. The standard InChI is InChI=1S/C20H19FN2O2/c1-20(2,3)23-18(24)15-6-4-5-7-16(15)19-22-12-17(25-19)13-8-10-14(21)11-9-13/h4-12H,1-3H3,(H,23,24). The lowest BCUT2D eigenvalue weighted by molar-refractivity contribution is 0.0920. The number of halogens is 1. The first-order valence-corrected chi connectivity index (χ1v) is 7.97. The predicted octanol–water partition coefficient (Wildman–Crippen LogP) is 4.68. The quantitative estimate of drug-likeness (QED) is 0.754. The number of hydrogen-bond donors (Lipinski definition) is 1. The minimum Gasteiger partial charge on any atom is -0.436 e. The van der Waals surface area contributed by atoms with Gasteiger partial charge in [-0.15, -0.1) is 0 Å². The van der Waals surface area contributed by atoms with Crippen LogP contribution in [0.4, 0.5) is 4.39 Å². The Morgan fingerprint density at radius 3 is 2.44 bits per heavy atom. The Balaban J connectivity index is 1.95. The molecule has 0 saturated carbocycles. The number of carbonyl (C=O) groups excluding carboxylic acids is 1. The van der Waals surface area contributed by atoms with Crippen LogP contribution in [-0.2, 0) is 0 Å². The van der Waals surface area contributed by atoms with E-state index < -0.39 is 0 Å². The average molecular weight is 338 g/mol. The number of oxazole rings is 1. The molecular weight excluding hydrogens is 319 g/mol. The highest BCUT2D eigenvalue weighted by Gasteiger charge is 2.20. The van der Waals surface area contributed by atoms with Gasteiger partial charge < -0.3 is 9.73 Å². The van der Waals surface area contributed by atoms with Crippen molar-refractivity contribution >= 4 is 5.91 Å². The molecular formula is C20H19FN2O2. The van der Waals surface area contributed by atoms with Gasteiger partial charge in [-0.05, 0) is 57.2 Å². The van der Waals surface area contributed by atoms with Gasteiger partial charge in [-0.3, -0.25) is 4.79 Å². The molecule has 1 N–H and O–H groups in total. The molecule has 0 saturated heterocycles. The number of aromatic nitrogens is 1. The summed E-state index contributed by atoms with van der Waals surface area (Å²) in [7, 11) is 0. The first-order valence-electron chi connectivity index (χ1n) is 7.97. The minimum absolute atomic E-state index is 0.190. The van der Waals surface area contributed by atoms with Crippen LogP contribution in [0.25, 0.3) is 22.8 Å². The third-order valence-corrected chi connectivity index (χ3v) is 3.53. The number of nitrogens with one attached hydrogen (secondary N) is 1. The van der Waals surface area contributed by atoms with Crippen molar-refractivity contribution in [3.05, 3.63) is 66.1 Å². The Bertz CT molecular complexity index is 893. The van der Waals surface area contributed by atoms with Gasteiger partial charge in [0.25, 0.3) is 5.91 Å². The Kier molecular flexibility index (Phi) is 4.40. The van der Waals surface area contributed by atoms with Gasteiger partial charge in [0.15, 0.2) is 5.76 Å². The second-order valence-electron chi connectivity index (χ2n) is 6.79. The number of benzene rings is 2. The molecule has 4 nitrogen and oxygen atoms in total. The Morgan fingerprint density at radius 1 is 1.08 bits per heavy atom. The normalized spacial score (nSPS) is 11.4. The summed E-state index contributed by atoms with van der Waals surface area (Å²) in [5.74, 6) is 0.359. The molecule has 0 aliphatic rings. The maximum atomic E-state index is 13.1. The van der Waals surface area contributed by atoms with Crippen molar-refractivity contribution in [2.24, 2.45) is 0 Å². The molecule has 3 rings (SSSR count). The highest BCUT2D eigenvalue weighted by Crippen LogP contribution is 2.28. The van der Waals surface area contributed by atoms with Crippen LogP contribution in [0.3, 0.4) is 0 Å². The van der Waals surface area contributed by atoms with E-state index in [1.54, 1.807) is 36.5 Å². The van der Waals surface area contributed by atoms with Crippen molar-refractivity contribution in [2.45, 2.75) is 26.3 Å². The minimum atomic E-state index is -0.347. The topological polar surface area (TPSA) is 55.1 Å². The van der Waals surface area contributed by atoms with Crippen molar-refractivity contribution in [1.82, 2.24) is 10.3 Å². The number of hydrogen-bond acceptors (Lipinski definition) is 3. The largest absolute Gasteiger partial charge is 0.436 e. The molecule has 0 unspecified atom stereocenters. The van der Waals surface area contributed by atoms with Crippen LogP contribution in [0, 0.1) is 5.82 Å². The zero-order valence-electron chi connectivity index (χ0n) is 14.3. The molecule has 0 atom stereocenters. The van der Waals surface area contributed by atoms with Crippen molar-refractivity contribution in [1.29, 1.82) is 0 Å². The molecule has 3 aromatic rings. The molecule has 0 fully saturated rings. The second kappa shape index (κ2) is 6.51. The molecule has 0 radical (unpaired) electrons. The molecule has 1 heterocycles. The summed E-state index contributed by atoms with van der Waals surface area (Å²) in [4.78, 5) is 16.8. The Morgan fingerprint density at radius 2 is 1.76 bits per heavy atom. The van der Waals surface area contributed by atoms with E-state index in [0.717, 1.165) is 5.56 Å². The molecule has 0 aliphatic heterocycles. The van der Waals surface area contributed by atoms with Gasteiger partial charge in [-0.2, -0.15) is 0 Å². The van der Waals surface area contributed by atoms with Crippen LogP contribution in [-0.4, -0.2) is 16.4 Å². The summed E-state index contributed by atoms with van der Waals surface area (Å²) < 4.78 is 18.9. The van der Waals surface area contributed by atoms with Crippen molar-refractivity contribution in [2.75, 3.05) is 0 Å². The number of carbonyl (C=O) groups is 1. The van der Waals surface area contributed by atoms with Crippen LogP contribution in [0.2, 0.25) is 0 Å². The predicted molar refractivity (Wildman–Crippen MR) is 94.6 cm³/mol. The Hall–Kier alpha value is -2.95. The van der Waals surface area contributed by atoms with E-state index in [2.05, 4.69) is 10.3 Å². The second-order valence-corrected chi connectivity index (χ2v) is 6.79. The van der Waals surface area contributed by atoms with Crippen LogP contribution < -0.4 is 5.32 Å². The van der Waals surface area contributed by atoms with Gasteiger partial charge in [0.05, 0.1) is 11.8 Å². The molecule has 0 aliphatic carbocycles. The van der Waals surface area contributed by atoms with E-state index in [1.165, 1.54) is 12.1 Å². The van der Waals surface area contributed by atoms with Crippen molar-refractivity contribution in [3.8, 4) is 22.8 Å². The molecule has 0 spiro atoms. The maximum Gasteiger partial charge on any atom is 0.252 e. The van der Waals surface area contributed by atoms with Gasteiger partial charge in [-0.25, -0.2) is 9.37 Å². The van der Waals surface area contributed by atoms with Gasteiger partial charge in [-0.1, -0.05) is 12.1 Å². The third kappa shape index (κ3) is 3.94. The lowest BCUT2D eigenvalue weighted by atomic mass is 10.0. The fraction of sp³-hybridized carbons (Fsp3) is 0.200. The molecule has 1 amide bonds. The molecule has 2 aromatic carbocycles. The molecule has 25 heavy (non-hydrogen) atoms. The first kappa shape index (κ1) is 16.9. The van der Waals surface area contributed by atoms with Crippen molar-refractivity contribution < 1.29 is 13.6 Å². The summed E-state index contributed by atoms with van der Waals surface area (Å²) in [5, 5.41) is 2.94.